The van der Waals surface area contributed by atoms with E-state index in [1.54, 1.807) is 31.0 Å². The van der Waals surface area contributed by atoms with Crippen LogP contribution in [-0.2, 0) is 24.8 Å². The number of hydrogen-bond acceptors (Lipinski definition) is 5. The zero-order chi connectivity index (χ0) is 19.6. The number of hydrogen-bond donors (Lipinski definition) is 2. The van der Waals surface area contributed by atoms with Gasteiger partial charge < -0.3 is 16.0 Å². The maximum atomic E-state index is 14.5. The first kappa shape index (κ1) is 18.6. The van der Waals surface area contributed by atoms with Crippen molar-refractivity contribution in [1.82, 2.24) is 14.7 Å². The average molecular weight is 370 g/mol. The second-order valence-electron chi connectivity index (χ2n) is 6.42. The summed E-state index contributed by atoms with van der Waals surface area (Å²) < 4.78 is 16.4. The van der Waals surface area contributed by atoms with E-state index in [0.717, 1.165) is 17.7 Å². The Morgan fingerprint density at radius 3 is 2.85 bits per heavy atom. The van der Waals surface area contributed by atoms with Crippen molar-refractivity contribution in [2.75, 3.05) is 18.9 Å². The van der Waals surface area contributed by atoms with E-state index in [1.165, 1.54) is 18.5 Å². The molecule has 2 heterocycles. The number of nitrogens with one attached hydrogen (secondary N) is 1. The van der Waals surface area contributed by atoms with Gasteiger partial charge in [0.25, 0.3) is 0 Å². The zero-order valence-electron chi connectivity index (χ0n) is 15.7. The fourth-order valence-electron chi connectivity index (χ4n) is 3.27. The van der Waals surface area contributed by atoms with E-state index in [-0.39, 0.29) is 5.91 Å². The maximum absolute atomic E-state index is 14.5. The van der Waals surface area contributed by atoms with Gasteiger partial charge in [-0.3, -0.25) is 14.5 Å². The largest absolute Gasteiger partial charge is 0.404 e. The van der Waals surface area contributed by atoms with Crippen LogP contribution in [0.5, 0.6) is 0 Å². The standard InChI is InChI=1S/C19H23FN6O/c1-12(27)26-7-6-18-16(11-26)19(24-25(18)3)23-14-4-5-15(17(20)8-14)13(9-21)10-22-2/h4-5,8-10H,6-7,11,21H2,1-3H3,(H,23,24). The summed E-state index contributed by atoms with van der Waals surface area (Å²) in [6.45, 7) is 2.73. The van der Waals surface area contributed by atoms with Crippen LogP contribution in [-0.4, -0.2) is 40.4 Å². The number of aromatic nitrogens is 2. The van der Waals surface area contributed by atoms with E-state index in [1.807, 2.05) is 11.7 Å². The number of aryl methyl sites for hydroxylation is 1. The molecule has 1 amide bonds. The molecule has 0 radical (unpaired) electrons. The number of nitrogens with two attached hydrogens (primary N) is 1. The Morgan fingerprint density at radius 1 is 1.44 bits per heavy atom. The number of fused-ring (bicyclic) bond motifs is 1. The quantitative estimate of drug-likeness (QED) is 0.808. The number of nitrogens with zero attached hydrogens (tertiary/aromatic N) is 4. The van der Waals surface area contributed by atoms with E-state index in [0.29, 0.717) is 35.7 Å². The van der Waals surface area contributed by atoms with Crippen LogP contribution in [0.25, 0.3) is 5.57 Å². The van der Waals surface area contributed by atoms with Gasteiger partial charge in [-0.2, -0.15) is 5.10 Å². The van der Waals surface area contributed by atoms with Crippen molar-refractivity contribution in [3.63, 3.8) is 0 Å². The van der Waals surface area contributed by atoms with Crippen LogP contribution in [0.2, 0.25) is 0 Å². The van der Waals surface area contributed by atoms with Crippen molar-refractivity contribution >= 4 is 29.2 Å². The third-order valence-corrected chi connectivity index (χ3v) is 4.68. The van der Waals surface area contributed by atoms with Crippen molar-refractivity contribution in [3.8, 4) is 0 Å². The highest BCUT2D eigenvalue weighted by atomic mass is 19.1. The van der Waals surface area contributed by atoms with Crippen LogP contribution in [0.3, 0.4) is 0 Å². The fourth-order valence-corrected chi connectivity index (χ4v) is 3.27. The smallest absolute Gasteiger partial charge is 0.219 e. The molecule has 27 heavy (non-hydrogen) atoms. The normalized spacial score (nSPS) is 14.5. The second-order valence-corrected chi connectivity index (χ2v) is 6.42. The van der Waals surface area contributed by atoms with Gasteiger partial charge in [0.15, 0.2) is 5.82 Å². The summed E-state index contributed by atoms with van der Waals surface area (Å²) in [4.78, 5) is 17.4. The molecule has 0 bridgehead atoms. The second kappa shape index (κ2) is 7.61. The Balaban J connectivity index is 1.89. The van der Waals surface area contributed by atoms with Crippen LogP contribution in [0.4, 0.5) is 15.9 Å². The molecule has 0 aliphatic carbocycles. The van der Waals surface area contributed by atoms with Crippen LogP contribution in [0.1, 0.15) is 23.7 Å². The third kappa shape index (κ3) is 3.69. The van der Waals surface area contributed by atoms with Crippen LogP contribution in [0.15, 0.2) is 29.4 Å². The first-order valence-electron chi connectivity index (χ1n) is 8.65. The molecule has 0 unspecified atom stereocenters. The van der Waals surface area contributed by atoms with E-state index in [4.69, 9.17) is 5.73 Å². The molecule has 3 N–H and O–H groups in total. The highest BCUT2D eigenvalue weighted by Crippen LogP contribution is 2.29. The Morgan fingerprint density at radius 2 is 2.22 bits per heavy atom. The lowest BCUT2D eigenvalue weighted by molar-refractivity contribution is -0.129. The molecule has 0 spiro atoms. The monoisotopic (exact) mass is 370 g/mol. The van der Waals surface area contributed by atoms with Crippen molar-refractivity contribution in [2.24, 2.45) is 17.8 Å². The topological polar surface area (TPSA) is 88.5 Å². The Labute approximate surface area is 157 Å². The van der Waals surface area contributed by atoms with Gasteiger partial charge in [-0.15, -0.1) is 0 Å². The van der Waals surface area contributed by atoms with Gasteiger partial charge in [0.1, 0.15) is 5.82 Å². The summed E-state index contributed by atoms with van der Waals surface area (Å²) in [6, 6.07) is 4.81. The minimum atomic E-state index is -0.410. The van der Waals surface area contributed by atoms with Crippen molar-refractivity contribution in [3.05, 3.63) is 47.0 Å². The first-order chi connectivity index (χ1) is 12.9. The lowest BCUT2D eigenvalue weighted by Gasteiger charge is -2.26. The summed E-state index contributed by atoms with van der Waals surface area (Å²) in [6.07, 6.45) is 3.58. The minimum Gasteiger partial charge on any atom is -0.404 e. The number of amides is 1. The number of rotatable bonds is 4. The Kier molecular flexibility index (Phi) is 5.25. The van der Waals surface area contributed by atoms with E-state index < -0.39 is 5.82 Å². The molecular formula is C19H23FN6O. The highest BCUT2D eigenvalue weighted by Gasteiger charge is 2.25. The molecule has 142 valence electrons. The van der Waals surface area contributed by atoms with Gasteiger partial charge in [-0.05, 0) is 18.2 Å². The van der Waals surface area contributed by atoms with Crippen molar-refractivity contribution in [1.29, 1.82) is 0 Å². The van der Waals surface area contributed by atoms with E-state index in [2.05, 4.69) is 15.4 Å². The summed E-state index contributed by atoms with van der Waals surface area (Å²) in [5.74, 6) is 0.256. The molecule has 1 aliphatic rings. The van der Waals surface area contributed by atoms with Gasteiger partial charge >= 0.3 is 0 Å². The van der Waals surface area contributed by atoms with Gasteiger partial charge in [0.05, 0.1) is 6.54 Å². The molecule has 8 heteroatoms. The molecule has 1 aromatic heterocycles. The lowest BCUT2D eigenvalue weighted by Crippen LogP contribution is -2.34. The molecule has 1 aliphatic heterocycles. The van der Waals surface area contributed by atoms with Gasteiger partial charge in [0, 0.05) is 74.5 Å². The minimum absolute atomic E-state index is 0.0320. The molecule has 1 aromatic carbocycles. The molecule has 0 saturated carbocycles. The number of carbonyl (C=O) groups excluding carboxylic acids is 1. The molecule has 3 rings (SSSR count). The number of benzene rings is 1. The maximum Gasteiger partial charge on any atom is 0.219 e. The Hall–Kier alpha value is -3.16. The van der Waals surface area contributed by atoms with Gasteiger partial charge in [0.2, 0.25) is 5.91 Å². The number of aliphatic imine (C=N–C) groups is 1. The summed E-state index contributed by atoms with van der Waals surface area (Å²) in [5.41, 5.74) is 9.06. The third-order valence-electron chi connectivity index (χ3n) is 4.68. The van der Waals surface area contributed by atoms with E-state index >= 15 is 0 Å². The average Bonchev–Trinajstić information content (AvgIpc) is 2.95. The summed E-state index contributed by atoms with van der Waals surface area (Å²) in [7, 11) is 3.48. The molecule has 0 saturated heterocycles. The van der Waals surface area contributed by atoms with Gasteiger partial charge in [-0.25, -0.2) is 4.39 Å². The number of allylic oxidation sites excluding steroid dienone is 1. The zero-order valence-corrected chi connectivity index (χ0v) is 15.7. The predicted molar refractivity (Wildman–Crippen MR) is 104 cm³/mol. The first-order valence-corrected chi connectivity index (χ1v) is 8.65. The molecule has 2 aromatic rings. The fraction of sp³-hybridized carbons (Fsp3) is 0.316. The Bertz CT molecular complexity index is 931. The van der Waals surface area contributed by atoms with Crippen LogP contribution < -0.4 is 11.1 Å². The van der Waals surface area contributed by atoms with E-state index in [9.17, 15) is 9.18 Å². The summed E-state index contributed by atoms with van der Waals surface area (Å²) in [5, 5.41) is 7.68. The number of anilines is 2. The molecule has 0 fully saturated rings. The van der Waals surface area contributed by atoms with Crippen LogP contribution >= 0.6 is 0 Å². The lowest BCUT2D eigenvalue weighted by atomic mass is 10.1. The predicted octanol–water partition coefficient (Wildman–Crippen LogP) is 2.21. The van der Waals surface area contributed by atoms with Crippen molar-refractivity contribution in [2.45, 2.75) is 19.9 Å². The number of halogens is 1. The molecule has 0 atom stereocenters. The van der Waals surface area contributed by atoms with Crippen LogP contribution in [0, 0.1) is 5.82 Å². The SMILES string of the molecule is CN=CC(=CN)c1ccc(Nc2nn(C)c3c2CN(C(C)=O)CC3)cc1F. The molecule has 7 nitrogen and oxygen atoms in total. The molecular weight excluding hydrogens is 347 g/mol. The van der Waals surface area contributed by atoms with Crippen molar-refractivity contribution < 1.29 is 9.18 Å². The highest BCUT2D eigenvalue weighted by molar-refractivity contribution is 6.09. The number of carbonyl (C=O) groups is 1. The van der Waals surface area contributed by atoms with Gasteiger partial charge in [-0.1, -0.05) is 0 Å². The summed E-state index contributed by atoms with van der Waals surface area (Å²) >= 11 is 0.